The lowest BCUT2D eigenvalue weighted by atomic mass is 9.46. The normalized spacial score (nSPS) is 42.1. The van der Waals surface area contributed by atoms with E-state index in [1.165, 1.54) is 50.5 Å². The Morgan fingerprint density at radius 1 is 1.19 bits per heavy atom. The van der Waals surface area contributed by atoms with Crippen LogP contribution in [-0.2, 0) is 0 Å². The third-order valence-electron chi connectivity index (χ3n) is 8.63. The Morgan fingerprint density at radius 3 is 2.73 bits per heavy atom. The Labute approximate surface area is 159 Å². The van der Waals surface area contributed by atoms with Crippen LogP contribution in [0.25, 0.3) is 5.57 Å². The minimum atomic E-state index is 0.309. The van der Waals surface area contributed by atoms with Gasteiger partial charge in [0, 0.05) is 19.0 Å². The van der Waals surface area contributed by atoms with Crippen LogP contribution in [-0.4, -0.2) is 16.7 Å². The van der Waals surface area contributed by atoms with E-state index in [9.17, 15) is 5.11 Å². The highest BCUT2D eigenvalue weighted by Gasteiger charge is 2.57. The number of aromatic nitrogens is 1. The van der Waals surface area contributed by atoms with Crippen molar-refractivity contribution < 1.29 is 5.11 Å². The molecule has 142 valence electrons. The molecule has 3 aliphatic carbocycles. The first-order valence-corrected chi connectivity index (χ1v) is 10.8. The molecule has 2 heteroatoms. The summed E-state index contributed by atoms with van der Waals surface area (Å²) in [6.07, 6.45) is 15.3. The van der Waals surface area contributed by atoms with E-state index in [4.69, 9.17) is 0 Å². The molecule has 0 amide bonds. The zero-order valence-corrected chi connectivity index (χ0v) is 16.7. The first-order chi connectivity index (χ1) is 12.5. The maximum atomic E-state index is 10.1. The Morgan fingerprint density at radius 2 is 2.04 bits per heavy atom. The van der Waals surface area contributed by atoms with Gasteiger partial charge in [-0.2, -0.15) is 0 Å². The molecule has 0 aromatic carbocycles. The molecule has 1 aromatic heterocycles. The smallest absolute Gasteiger partial charge is 0.0464 e. The third kappa shape index (κ3) is 2.59. The first-order valence-electron chi connectivity index (χ1n) is 10.8. The van der Waals surface area contributed by atoms with Crippen LogP contribution in [0.5, 0.6) is 0 Å². The van der Waals surface area contributed by atoms with Gasteiger partial charge >= 0.3 is 0 Å². The second-order valence-corrected chi connectivity index (χ2v) is 9.64. The first kappa shape index (κ1) is 18.2. The van der Waals surface area contributed by atoms with E-state index < -0.39 is 0 Å². The number of hydrogen-bond acceptors (Lipinski definition) is 2. The van der Waals surface area contributed by atoms with E-state index in [0.717, 1.165) is 17.8 Å². The van der Waals surface area contributed by atoms with Crippen molar-refractivity contribution in [3.63, 3.8) is 0 Å². The van der Waals surface area contributed by atoms with Gasteiger partial charge in [0.25, 0.3) is 0 Å². The molecule has 6 unspecified atom stereocenters. The lowest BCUT2D eigenvalue weighted by molar-refractivity contribution is -0.0945. The largest absolute Gasteiger partial charge is 0.396 e. The van der Waals surface area contributed by atoms with E-state index >= 15 is 0 Å². The predicted molar refractivity (Wildman–Crippen MR) is 107 cm³/mol. The topological polar surface area (TPSA) is 33.1 Å². The fraction of sp³-hybridized carbons (Fsp3) is 0.708. The number of nitrogens with zero attached hydrogens (tertiary/aromatic N) is 1. The molecule has 0 bridgehead atoms. The summed E-state index contributed by atoms with van der Waals surface area (Å²) in [5.74, 6) is 2.87. The van der Waals surface area contributed by atoms with E-state index in [0.29, 0.717) is 23.4 Å². The molecular formula is C24H35NO. The van der Waals surface area contributed by atoms with Crippen LogP contribution in [0, 0.1) is 34.5 Å². The van der Waals surface area contributed by atoms with Crippen LogP contribution in [0.15, 0.2) is 30.6 Å². The fourth-order valence-electron chi connectivity index (χ4n) is 7.30. The van der Waals surface area contributed by atoms with Crippen LogP contribution in [0.2, 0.25) is 0 Å². The quantitative estimate of drug-likeness (QED) is 0.750. The summed E-state index contributed by atoms with van der Waals surface area (Å²) < 4.78 is 0. The van der Waals surface area contributed by atoms with Crippen LogP contribution < -0.4 is 0 Å². The van der Waals surface area contributed by atoms with Crippen molar-refractivity contribution in [3.8, 4) is 0 Å². The summed E-state index contributed by atoms with van der Waals surface area (Å²) in [7, 11) is 0. The van der Waals surface area contributed by atoms with Crippen LogP contribution in [0.1, 0.15) is 71.3 Å². The highest BCUT2D eigenvalue weighted by molar-refractivity contribution is 5.72. The fourth-order valence-corrected chi connectivity index (χ4v) is 7.30. The van der Waals surface area contributed by atoms with Gasteiger partial charge < -0.3 is 5.11 Å². The van der Waals surface area contributed by atoms with Gasteiger partial charge in [0.1, 0.15) is 0 Å². The van der Waals surface area contributed by atoms with Gasteiger partial charge in [0.05, 0.1) is 0 Å². The molecule has 0 spiro atoms. The zero-order valence-electron chi connectivity index (χ0n) is 16.7. The van der Waals surface area contributed by atoms with Gasteiger partial charge in [-0.25, -0.2) is 0 Å². The molecule has 4 rings (SSSR count). The Hall–Kier alpha value is -1.15. The van der Waals surface area contributed by atoms with Crippen molar-refractivity contribution in [2.75, 3.05) is 6.61 Å². The van der Waals surface area contributed by atoms with Crippen molar-refractivity contribution in [1.82, 2.24) is 4.98 Å². The van der Waals surface area contributed by atoms with Crippen LogP contribution >= 0.6 is 0 Å². The highest BCUT2D eigenvalue weighted by Crippen LogP contribution is 2.66. The average Bonchev–Trinajstić information content (AvgIpc) is 3.00. The number of rotatable bonds is 4. The van der Waals surface area contributed by atoms with E-state index in [2.05, 4.69) is 50.2 Å². The van der Waals surface area contributed by atoms with Gasteiger partial charge in [-0.15, -0.1) is 0 Å². The molecule has 26 heavy (non-hydrogen) atoms. The number of aliphatic hydroxyl groups is 1. The lowest BCUT2D eigenvalue weighted by Crippen LogP contribution is -2.52. The molecule has 2 fully saturated rings. The number of pyridine rings is 1. The van der Waals surface area contributed by atoms with E-state index in [-0.39, 0.29) is 0 Å². The van der Waals surface area contributed by atoms with Gasteiger partial charge in [-0.05, 0) is 90.2 Å². The Balaban J connectivity index is 1.64. The number of allylic oxidation sites excluding steroid dienone is 2. The minimum Gasteiger partial charge on any atom is -0.396 e. The molecule has 3 aliphatic rings. The maximum absolute atomic E-state index is 10.1. The SMILES string of the molecule is CCCC1(C)C(CO)CCC2C3CC=C(c4cccnc4)C3(C)CCC21. The van der Waals surface area contributed by atoms with Gasteiger partial charge in [0.2, 0.25) is 0 Å². The van der Waals surface area contributed by atoms with Crippen molar-refractivity contribution in [3.05, 3.63) is 36.2 Å². The summed E-state index contributed by atoms with van der Waals surface area (Å²) in [5, 5.41) is 10.1. The monoisotopic (exact) mass is 353 g/mol. The zero-order chi connectivity index (χ0) is 18.4. The van der Waals surface area contributed by atoms with Crippen LogP contribution in [0.3, 0.4) is 0 Å². The van der Waals surface area contributed by atoms with E-state index in [1.54, 1.807) is 5.57 Å². The number of hydrogen-bond donors (Lipinski definition) is 1. The van der Waals surface area contributed by atoms with Gasteiger partial charge in [-0.1, -0.05) is 39.3 Å². The molecule has 0 radical (unpaired) electrons. The van der Waals surface area contributed by atoms with Gasteiger partial charge in [-0.3, -0.25) is 4.98 Å². The molecule has 1 heterocycles. The predicted octanol–water partition coefficient (Wildman–Crippen LogP) is 5.73. The number of fused-ring (bicyclic) bond motifs is 3. The summed E-state index contributed by atoms with van der Waals surface area (Å²) in [6, 6.07) is 4.31. The summed E-state index contributed by atoms with van der Waals surface area (Å²) >= 11 is 0. The lowest BCUT2D eigenvalue weighted by Gasteiger charge is -2.59. The summed E-state index contributed by atoms with van der Waals surface area (Å²) in [4.78, 5) is 4.38. The van der Waals surface area contributed by atoms with Crippen molar-refractivity contribution in [2.45, 2.75) is 65.7 Å². The van der Waals surface area contributed by atoms with Crippen molar-refractivity contribution in [2.24, 2.45) is 34.5 Å². The second-order valence-electron chi connectivity index (χ2n) is 9.64. The van der Waals surface area contributed by atoms with Crippen LogP contribution in [0.4, 0.5) is 0 Å². The third-order valence-corrected chi connectivity index (χ3v) is 8.63. The van der Waals surface area contributed by atoms with Gasteiger partial charge in [0.15, 0.2) is 0 Å². The number of aliphatic hydroxyl groups excluding tert-OH is 1. The second kappa shape index (κ2) is 6.78. The highest BCUT2D eigenvalue weighted by atomic mass is 16.3. The summed E-state index contributed by atoms with van der Waals surface area (Å²) in [5.41, 5.74) is 3.51. The minimum absolute atomic E-state index is 0.309. The molecular weight excluding hydrogens is 318 g/mol. The average molecular weight is 354 g/mol. The van der Waals surface area contributed by atoms with E-state index in [1.807, 2.05) is 6.20 Å². The molecule has 0 aliphatic heterocycles. The molecule has 2 nitrogen and oxygen atoms in total. The van der Waals surface area contributed by atoms with Crippen molar-refractivity contribution in [1.29, 1.82) is 0 Å². The molecule has 2 saturated carbocycles. The van der Waals surface area contributed by atoms with Crippen molar-refractivity contribution >= 4 is 5.57 Å². The maximum Gasteiger partial charge on any atom is 0.0464 e. The Kier molecular flexibility index (Phi) is 4.75. The molecule has 1 aromatic rings. The molecule has 6 atom stereocenters. The standard InChI is InChI=1S/C24H35NO/c1-4-12-23(2)18(16-26)7-8-19-21-10-9-20(17-6-5-14-25-15-17)24(21,3)13-11-22(19)23/h5-6,9,14-15,18-19,21-22,26H,4,7-8,10-13,16H2,1-3H3. The molecule has 0 saturated heterocycles. The molecule has 1 N–H and O–H groups in total. The Bertz CT molecular complexity index is 668. The summed E-state index contributed by atoms with van der Waals surface area (Å²) in [6.45, 7) is 7.71.